The molecule has 1 fully saturated rings. The summed E-state index contributed by atoms with van der Waals surface area (Å²) in [5.41, 5.74) is 0.921. The van der Waals surface area contributed by atoms with Gasteiger partial charge in [0.1, 0.15) is 0 Å². The largest absolute Gasteiger partial charge is 0.490 e. The highest BCUT2D eigenvalue weighted by atomic mass is 19.1. The SMILES string of the molecule is CCCNC(C)c1cccc(F)c1OCCC1CC1. The molecule has 1 unspecified atom stereocenters. The van der Waals surface area contributed by atoms with Crippen LogP contribution < -0.4 is 10.1 Å². The zero-order valence-electron chi connectivity index (χ0n) is 11.9. The Bertz CT molecular complexity index is 404. The number of halogens is 1. The van der Waals surface area contributed by atoms with E-state index in [1.165, 1.54) is 18.9 Å². The monoisotopic (exact) mass is 265 g/mol. The minimum Gasteiger partial charge on any atom is -0.490 e. The second-order valence-corrected chi connectivity index (χ2v) is 5.41. The molecule has 19 heavy (non-hydrogen) atoms. The molecule has 0 radical (unpaired) electrons. The Hall–Kier alpha value is -1.09. The molecule has 0 amide bonds. The average molecular weight is 265 g/mol. The summed E-state index contributed by atoms with van der Waals surface area (Å²) in [6.07, 6.45) is 4.73. The molecule has 0 bridgehead atoms. The van der Waals surface area contributed by atoms with E-state index in [0.717, 1.165) is 30.9 Å². The first-order chi connectivity index (χ1) is 9.22. The Morgan fingerprint density at radius 3 is 2.89 bits per heavy atom. The number of benzene rings is 1. The first kappa shape index (κ1) is 14.3. The van der Waals surface area contributed by atoms with Crippen LogP contribution in [0, 0.1) is 11.7 Å². The van der Waals surface area contributed by atoms with Crippen LogP contribution in [0.4, 0.5) is 4.39 Å². The van der Waals surface area contributed by atoms with E-state index in [1.54, 1.807) is 6.07 Å². The van der Waals surface area contributed by atoms with Crippen molar-refractivity contribution in [2.75, 3.05) is 13.2 Å². The number of para-hydroxylation sites is 1. The molecule has 0 saturated heterocycles. The smallest absolute Gasteiger partial charge is 0.165 e. The van der Waals surface area contributed by atoms with Gasteiger partial charge >= 0.3 is 0 Å². The van der Waals surface area contributed by atoms with Crippen LogP contribution in [0.2, 0.25) is 0 Å². The van der Waals surface area contributed by atoms with Crippen molar-refractivity contribution in [3.8, 4) is 5.75 Å². The summed E-state index contributed by atoms with van der Waals surface area (Å²) in [5, 5.41) is 3.38. The van der Waals surface area contributed by atoms with Crippen LogP contribution in [0.3, 0.4) is 0 Å². The molecule has 0 heterocycles. The second-order valence-electron chi connectivity index (χ2n) is 5.41. The molecule has 3 heteroatoms. The van der Waals surface area contributed by atoms with Crippen LogP contribution >= 0.6 is 0 Å². The summed E-state index contributed by atoms with van der Waals surface area (Å²) < 4.78 is 19.6. The lowest BCUT2D eigenvalue weighted by Crippen LogP contribution is -2.20. The Morgan fingerprint density at radius 2 is 2.21 bits per heavy atom. The van der Waals surface area contributed by atoms with Gasteiger partial charge in [0.15, 0.2) is 11.6 Å². The zero-order valence-corrected chi connectivity index (χ0v) is 11.9. The summed E-state index contributed by atoms with van der Waals surface area (Å²) in [7, 11) is 0. The van der Waals surface area contributed by atoms with E-state index in [4.69, 9.17) is 4.74 Å². The van der Waals surface area contributed by atoms with Crippen molar-refractivity contribution >= 4 is 0 Å². The van der Waals surface area contributed by atoms with Crippen LogP contribution in [0.25, 0.3) is 0 Å². The number of rotatable bonds is 8. The zero-order chi connectivity index (χ0) is 13.7. The van der Waals surface area contributed by atoms with Gasteiger partial charge in [0.05, 0.1) is 6.61 Å². The quantitative estimate of drug-likeness (QED) is 0.765. The van der Waals surface area contributed by atoms with Gasteiger partial charge in [-0.25, -0.2) is 4.39 Å². The molecule has 1 aromatic rings. The predicted octanol–water partition coefficient (Wildman–Crippen LogP) is 4.07. The van der Waals surface area contributed by atoms with Gasteiger partial charge in [-0.05, 0) is 38.3 Å². The summed E-state index contributed by atoms with van der Waals surface area (Å²) in [4.78, 5) is 0. The lowest BCUT2D eigenvalue weighted by Gasteiger charge is -2.18. The van der Waals surface area contributed by atoms with Crippen LogP contribution in [0.5, 0.6) is 5.75 Å². The summed E-state index contributed by atoms with van der Waals surface area (Å²) in [6, 6.07) is 5.29. The highest BCUT2D eigenvalue weighted by Crippen LogP contribution is 2.33. The Kier molecular flexibility index (Phi) is 5.20. The normalized spacial score (nSPS) is 16.4. The van der Waals surface area contributed by atoms with Crippen LogP contribution in [-0.4, -0.2) is 13.2 Å². The van der Waals surface area contributed by atoms with Crippen molar-refractivity contribution in [2.24, 2.45) is 5.92 Å². The van der Waals surface area contributed by atoms with Crippen LogP contribution in [-0.2, 0) is 0 Å². The van der Waals surface area contributed by atoms with Crippen LogP contribution in [0.1, 0.15) is 51.1 Å². The van der Waals surface area contributed by atoms with E-state index in [2.05, 4.69) is 19.2 Å². The van der Waals surface area contributed by atoms with Crippen molar-refractivity contribution in [3.05, 3.63) is 29.6 Å². The van der Waals surface area contributed by atoms with E-state index in [-0.39, 0.29) is 11.9 Å². The lowest BCUT2D eigenvalue weighted by atomic mass is 10.1. The van der Waals surface area contributed by atoms with Gasteiger partial charge < -0.3 is 10.1 Å². The van der Waals surface area contributed by atoms with Crippen molar-refractivity contribution in [2.45, 2.75) is 45.6 Å². The van der Waals surface area contributed by atoms with Gasteiger partial charge in [-0.1, -0.05) is 31.9 Å². The van der Waals surface area contributed by atoms with Gasteiger partial charge in [-0.2, -0.15) is 0 Å². The third-order valence-electron chi connectivity index (χ3n) is 3.63. The highest BCUT2D eigenvalue weighted by Gasteiger charge is 2.22. The number of hydrogen-bond acceptors (Lipinski definition) is 2. The van der Waals surface area contributed by atoms with E-state index in [1.807, 2.05) is 6.07 Å². The summed E-state index contributed by atoms with van der Waals surface area (Å²) in [6.45, 7) is 5.73. The maximum atomic E-state index is 13.9. The molecular weight excluding hydrogens is 241 g/mol. The Labute approximate surface area is 115 Å². The first-order valence-corrected chi connectivity index (χ1v) is 7.37. The fourth-order valence-electron chi connectivity index (χ4n) is 2.22. The van der Waals surface area contributed by atoms with Crippen molar-refractivity contribution in [1.29, 1.82) is 0 Å². The summed E-state index contributed by atoms with van der Waals surface area (Å²) >= 11 is 0. The standard InChI is InChI=1S/C16H24FNO/c1-3-10-18-12(2)14-5-4-6-15(17)16(14)19-11-9-13-7-8-13/h4-6,12-13,18H,3,7-11H2,1-2H3. The molecule has 1 atom stereocenters. The Morgan fingerprint density at radius 1 is 1.42 bits per heavy atom. The van der Waals surface area contributed by atoms with Crippen molar-refractivity contribution < 1.29 is 9.13 Å². The molecule has 0 aliphatic heterocycles. The summed E-state index contributed by atoms with van der Waals surface area (Å²) in [5.74, 6) is 0.989. The fraction of sp³-hybridized carbons (Fsp3) is 0.625. The predicted molar refractivity (Wildman–Crippen MR) is 75.9 cm³/mol. The third-order valence-corrected chi connectivity index (χ3v) is 3.63. The number of nitrogens with one attached hydrogen (secondary N) is 1. The lowest BCUT2D eigenvalue weighted by molar-refractivity contribution is 0.282. The highest BCUT2D eigenvalue weighted by molar-refractivity contribution is 5.37. The number of ether oxygens (including phenoxy) is 1. The maximum absolute atomic E-state index is 13.9. The molecule has 0 spiro atoms. The van der Waals surface area contributed by atoms with Crippen LogP contribution in [0.15, 0.2) is 18.2 Å². The third kappa shape index (κ3) is 4.20. The van der Waals surface area contributed by atoms with E-state index >= 15 is 0 Å². The molecule has 1 saturated carbocycles. The molecule has 1 aliphatic carbocycles. The topological polar surface area (TPSA) is 21.3 Å². The van der Waals surface area contributed by atoms with Crippen molar-refractivity contribution in [3.63, 3.8) is 0 Å². The molecule has 1 aromatic carbocycles. The average Bonchev–Trinajstić information content (AvgIpc) is 3.22. The Balaban J connectivity index is 2.00. The molecule has 2 nitrogen and oxygen atoms in total. The minimum atomic E-state index is -0.251. The van der Waals surface area contributed by atoms with E-state index in [0.29, 0.717) is 12.4 Å². The molecule has 106 valence electrons. The molecule has 2 rings (SSSR count). The van der Waals surface area contributed by atoms with Gasteiger partial charge in [-0.15, -0.1) is 0 Å². The number of hydrogen-bond donors (Lipinski definition) is 1. The maximum Gasteiger partial charge on any atom is 0.165 e. The van der Waals surface area contributed by atoms with Gasteiger partial charge in [-0.3, -0.25) is 0 Å². The molecular formula is C16H24FNO. The van der Waals surface area contributed by atoms with Gasteiger partial charge in [0, 0.05) is 11.6 Å². The van der Waals surface area contributed by atoms with E-state index in [9.17, 15) is 4.39 Å². The first-order valence-electron chi connectivity index (χ1n) is 7.37. The molecule has 0 aromatic heterocycles. The molecule has 1 N–H and O–H groups in total. The van der Waals surface area contributed by atoms with Gasteiger partial charge in [0.25, 0.3) is 0 Å². The van der Waals surface area contributed by atoms with Gasteiger partial charge in [0.2, 0.25) is 0 Å². The van der Waals surface area contributed by atoms with E-state index < -0.39 is 0 Å². The fourth-order valence-corrected chi connectivity index (χ4v) is 2.22. The molecule has 1 aliphatic rings. The van der Waals surface area contributed by atoms with Crippen molar-refractivity contribution in [1.82, 2.24) is 5.32 Å². The minimum absolute atomic E-state index is 0.117. The second kappa shape index (κ2) is 6.90.